The molecule has 84 valence electrons. The van der Waals surface area contributed by atoms with Gasteiger partial charge in [-0.3, -0.25) is 0 Å². The van der Waals surface area contributed by atoms with Crippen LogP contribution in [0.3, 0.4) is 0 Å². The molecule has 0 bridgehead atoms. The van der Waals surface area contributed by atoms with Gasteiger partial charge in [0.1, 0.15) is 5.60 Å². The first-order valence-electron chi connectivity index (χ1n) is 4.40. The van der Waals surface area contributed by atoms with Crippen LogP contribution in [0, 0.1) is 0 Å². The van der Waals surface area contributed by atoms with Crippen LogP contribution < -0.4 is 5.32 Å². The van der Waals surface area contributed by atoms with Gasteiger partial charge in [-0.05, 0) is 33.3 Å². The molecule has 1 unspecified atom stereocenters. The summed E-state index contributed by atoms with van der Waals surface area (Å²) in [6, 6.07) is 0. The highest BCUT2D eigenvalue weighted by molar-refractivity contribution is 8.02. The van der Waals surface area contributed by atoms with Crippen molar-refractivity contribution in [1.29, 1.82) is 0 Å². The lowest BCUT2D eigenvalue weighted by Crippen LogP contribution is -2.38. The predicted octanol–water partition coefficient (Wildman–Crippen LogP) is 2.56. The minimum absolute atomic E-state index is 0.125. The molecule has 1 atom stereocenters. The van der Waals surface area contributed by atoms with Gasteiger partial charge in [-0.2, -0.15) is 11.8 Å². The number of rotatable bonds is 4. The minimum Gasteiger partial charge on any atom is -0.444 e. The fourth-order valence-electron chi connectivity index (χ4n) is 0.759. The van der Waals surface area contributed by atoms with E-state index < -0.39 is 5.60 Å². The van der Waals surface area contributed by atoms with E-state index in [1.165, 1.54) is 0 Å². The van der Waals surface area contributed by atoms with Crippen molar-refractivity contribution >= 4 is 29.6 Å². The summed E-state index contributed by atoms with van der Waals surface area (Å²) in [5, 5.41) is 2.93. The first-order valence-corrected chi connectivity index (χ1v) is 7.08. The summed E-state index contributed by atoms with van der Waals surface area (Å²) < 4.78 is 5.14. The van der Waals surface area contributed by atoms with Crippen molar-refractivity contribution < 1.29 is 9.53 Å². The van der Waals surface area contributed by atoms with Gasteiger partial charge < -0.3 is 10.1 Å². The first-order chi connectivity index (χ1) is 6.39. The number of alkyl carbamates (subject to hydrolysis) is 1. The average molecular weight is 237 g/mol. The minimum atomic E-state index is -0.424. The van der Waals surface area contributed by atoms with Gasteiger partial charge in [0.2, 0.25) is 0 Å². The number of nitrogens with one attached hydrogen (secondary N) is 1. The first kappa shape index (κ1) is 14.0. The zero-order valence-electron chi connectivity index (χ0n) is 9.42. The van der Waals surface area contributed by atoms with Crippen molar-refractivity contribution in [2.45, 2.75) is 31.7 Å². The third-order valence-corrected chi connectivity index (χ3v) is 3.01. The average Bonchev–Trinajstić information content (AvgIpc) is 2.00. The van der Waals surface area contributed by atoms with Crippen molar-refractivity contribution in [2.24, 2.45) is 0 Å². The van der Waals surface area contributed by atoms with Gasteiger partial charge in [-0.25, -0.2) is 4.79 Å². The van der Waals surface area contributed by atoms with Gasteiger partial charge in [0.05, 0.1) is 5.37 Å². The van der Waals surface area contributed by atoms with Crippen molar-refractivity contribution in [2.75, 3.05) is 18.3 Å². The predicted molar refractivity (Wildman–Crippen MR) is 65.1 cm³/mol. The summed E-state index contributed by atoms with van der Waals surface area (Å²) in [6.07, 6.45) is 3.64. The van der Waals surface area contributed by atoms with Gasteiger partial charge in [0.15, 0.2) is 0 Å². The molecule has 0 aromatic carbocycles. The Kier molecular flexibility index (Phi) is 6.44. The van der Waals surface area contributed by atoms with E-state index in [1.807, 2.05) is 33.3 Å². The summed E-state index contributed by atoms with van der Waals surface area (Å²) in [4.78, 5) is 11.3. The van der Waals surface area contributed by atoms with Crippen molar-refractivity contribution in [3.05, 3.63) is 0 Å². The van der Waals surface area contributed by atoms with E-state index in [0.717, 1.165) is 5.75 Å². The molecule has 0 rings (SSSR count). The van der Waals surface area contributed by atoms with E-state index in [1.54, 1.807) is 23.5 Å². The standard InChI is InChI=1S/C9H19NO2S2/c1-9(2,3)12-8(11)10-7(14-5)6-13-4/h7H,6H2,1-5H3,(H,10,11). The molecule has 0 aromatic heterocycles. The number of carbonyl (C=O) groups is 1. The molecule has 3 nitrogen and oxygen atoms in total. The van der Waals surface area contributed by atoms with Crippen LogP contribution in [0.4, 0.5) is 4.79 Å². The summed E-state index contributed by atoms with van der Waals surface area (Å²) in [7, 11) is 0. The van der Waals surface area contributed by atoms with Crippen molar-refractivity contribution in [3.63, 3.8) is 0 Å². The van der Waals surface area contributed by atoms with Gasteiger partial charge in [-0.1, -0.05) is 0 Å². The molecule has 0 fully saturated rings. The Bertz CT molecular complexity index is 180. The molecular weight excluding hydrogens is 218 g/mol. The molecule has 0 spiro atoms. The summed E-state index contributed by atoms with van der Waals surface area (Å²) in [5.74, 6) is 0.889. The monoisotopic (exact) mass is 237 g/mol. The molecule has 14 heavy (non-hydrogen) atoms. The Morgan fingerprint density at radius 2 is 2.00 bits per heavy atom. The van der Waals surface area contributed by atoms with Crippen molar-refractivity contribution in [3.8, 4) is 0 Å². The fourth-order valence-corrected chi connectivity index (χ4v) is 2.31. The van der Waals surface area contributed by atoms with E-state index in [-0.39, 0.29) is 11.5 Å². The van der Waals surface area contributed by atoms with Crippen LogP contribution in [0.1, 0.15) is 20.8 Å². The number of carbonyl (C=O) groups excluding carboxylic acids is 1. The molecule has 0 saturated heterocycles. The number of hydrogen-bond acceptors (Lipinski definition) is 4. The Morgan fingerprint density at radius 3 is 2.36 bits per heavy atom. The second-order valence-electron chi connectivity index (χ2n) is 3.83. The molecule has 0 aliphatic rings. The molecule has 0 heterocycles. The maximum Gasteiger partial charge on any atom is 0.408 e. The van der Waals surface area contributed by atoms with Gasteiger partial charge in [0.25, 0.3) is 0 Å². The lowest BCUT2D eigenvalue weighted by Gasteiger charge is -2.22. The van der Waals surface area contributed by atoms with E-state index in [9.17, 15) is 4.79 Å². The molecule has 1 amide bonds. The van der Waals surface area contributed by atoms with Crippen LogP contribution in [-0.2, 0) is 4.74 Å². The Balaban J connectivity index is 3.91. The SMILES string of the molecule is CSCC(NC(=O)OC(C)(C)C)SC. The van der Waals surface area contributed by atoms with Crippen LogP contribution in [-0.4, -0.2) is 35.3 Å². The van der Waals surface area contributed by atoms with Gasteiger partial charge in [-0.15, -0.1) is 11.8 Å². The lowest BCUT2D eigenvalue weighted by molar-refractivity contribution is 0.0526. The number of hydrogen-bond donors (Lipinski definition) is 1. The molecule has 0 saturated carbocycles. The van der Waals surface area contributed by atoms with E-state index in [2.05, 4.69) is 5.32 Å². The van der Waals surface area contributed by atoms with E-state index >= 15 is 0 Å². The molecule has 0 aliphatic carbocycles. The largest absolute Gasteiger partial charge is 0.444 e. The van der Waals surface area contributed by atoms with Gasteiger partial charge >= 0.3 is 6.09 Å². The highest BCUT2D eigenvalue weighted by Crippen LogP contribution is 2.11. The second-order valence-corrected chi connectivity index (χ2v) is 5.78. The quantitative estimate of drug-likeness (QED) is 0.763. The maximum atomic E-state index is 11.3. The third kappa shape index (κ3) is 7.38. The van der Waals surface area contributed by atoms with E-state index in [0.29, 0.717) is 0 Å². The summed E-state index contributed by atoms with van der Waals surface area (Å²) in [6.45, 7) is 5.57. The lowest BCUT2D eigenvalue weighted by atomic mass is 10.2. The Morgan fingerprint density at radius 1 is 1.43 bits per heavy atom. The number of ether oxygens (including phenoxy) is 1. The molecule has 0 radical (unpaired) electrons. The molecule has 1 N–H and O–H groups in total. The highest BCUT2D eigenvalue weighted by Gasteiger charge is 2.18. The van der Waals surface area contributed by atoms with Crippen LogP contribution in [0.25, 0.3) is 0 Å². The Labute approximate surface area is 94.7 Å². The normalized spacial score (nSPS) is 13.5. The second kappa shape index (κ2) is 6.45. The van der Waals surface area contributed by atoms with E-state index in [4.69, 9.17) is 4.74 Å². The summed E-state index contributed by atoms with van der Waals surface area (Å²) >= 11 is 3.32. The summed E-state index contributed by atoms with van der Waals surface area (Å²) in [5.41, 5.74) is -0.424. The topological polar surface area (TPSA) is 38.3 Å². The zero-order chi connectivity index (χ0) is 11.2. The van der Waals surface area contributed by atoms with Crippen LogP contribution in [0.2, 0.25) is 0 Å². The molecule has 0 aromatic rings. The Hall–Kier alpha value is -0.0300. The third-order valence-electron chi connectivity index (χ3n) is 1.28. The fraction of sp³-hybridized carbons (Fsp3) is 0.889. The number of amides is 1. The van der Waals surface area contributed by atoms with Crippen LogP contribution in [0.15, 0.2) is 0 Å². The van der Waals surface area contributed by atoms with Crippen molar-refractivity contribution in [1.82, 2.24) is 5.32 Å². The highest BCUT2D eigenvalue weighted by atomic mass is 32.2. The smallest absolute Gasteiger partial charge is 0.408 e. The number of thioether (sulfide) groups is 2. The molecule has 0 aliphatic heterocycles. The van der Waals surface area contributed by atoms with Crippen LogP contribution >= 0.6 is 23.5 Å². The van der Waals surface area contributed by atoms with Gasteiger partial charge in [0, 0.05) is 5.75 Å². The van der Waals surface area contributed by atoms with Crippen LogP contribution in [0.5, 0.6) is 0 Å². The maximum absolute atomic E-state index is 11.3. The zero-order valence-corrected chi connectivity index (χ0v) is 11.1. The molecule has 5 heteroatoms. The molecular formula is C9H19NO2S2.